The molecule has 4 heteroatoms. The summed E-state index contributed by atoms with van der Waals surface area (Å²) in [5.74, 6) is -0.178. The van der Waals surface area contributed by atoms with E-state index in [2.05, 4.69) is 5.32 Å². The summed E-state index contributed by atoms with van der Waals surface area (Å²) in [4.78, 5) is 11.4. The molecule has 1 aliphatic carbocycles. The predicted octanol–water partition coefficient (Wildman–Crippen LogP) is 0.317. The fourth-order valence-electron chi connectivity index (χ4n) is 1.80. The van der Waals surface area contributed by atoms with E-state index in [-0.39, 0.29) is 12.1 Å². The van der Waals surface area contributed by atoms with E-state index in [1.165, 1.54) is 7.11 Å². The van der Waals surface area contributed by atoms with Crippen molar-refractivity contribution in [3.63, 3.8) is 0 Å². The molecule has 0 saturated heterocycles. The molecule has 76 valence electrons. The fraction of sp³-hybridized carbons (Fsp3) is 0.889. The molecular weight excluding hydrogens is 170 g/mol. The Bertz CT molecular complexity index is 187. The van der Waals surface area contributed by atoms with E-state index in [0.29, 0.717) is 12.8 Å². The van der Waals surface area contributed by atoms with Crippen molar-refractivity contribution in [2.45, 2.75) is 31.4 Å². The quantitative estimate of drug-likeness (QED) is 0.644. The van der Waals surface area contributed by atoms with Gasteiger partial charge in [0, 0.05) is 20.0 Å². The van der Waals surface area contributed by atoms with Crippen LogP contribution in [0.3, 0.4) is 0 Å². The summed E-state index contributed by atoms with van der Waals surface area (Å²) in [7, 11) is 3.08. The zero-order chi connectivity index (χ0) is 9.90. The second-order valence-electron chi connectivity index (χ2n) is 3.37. The highest BCUT2D eigenvalue weighted by Gasteiger charge is 2.50. The molecule has 0 aromatic carbocycles. The number of ether oxygens (including phenoxy) is 2. The summed E-state index contributed by atoms with van der Waals surface area (Å²) in [5.41, 5.74) is -0.482. The summed E-state index contributed by atoms with van der Waals surface area (Å²) >= 11 is 0. The first-order valence-corrected chi connectivity index (χ1v) is 4.54. The minimum absolute atomic E-state index is 0.178. The largest absolute Gasteiger partial charge is 0.468 e. The fourth-order valence-corrected chi connectivity index (χ4v) is 1.80. The molecule has 1 saturated carbocycles. The van der Waals surface area contributed by atoms with E-state index < -0.39 is 5.54 Å². The Morgan fingerprint density at radius 2 is 2.15 bits per heavy atom. The van der Waals surface area contributed by atoms with Crippen molar-refractivity contribution in [3.8, 4) is 0 Å². The molecular formula is C9H17NO3. The number of esters is 1. The van der Waals surface area contributed by atoms with Crippen molar-refractivity contribution in [1.29, 1.82) is 0 Å². The summed E-state index contributed by atoms with van der Waals surface area (Å²) in [6.45, 7) is 2.75. The average molecular weight is 187 g/mol. The van der Waals surface area contributed by atoms with Gasteiger partial charge in [0.05, 0.1) is 13.2 Å². The number of carbonyl (C=O) groups is 1. The average Bonchev–Trinajstić information content (AvgIpc) is 2.09. The number of rotatable bonds is 4. The zero-order valence-corrected chi connectivity index (χ0v) is 8.42. The Balaban J connectivity index is 2.54. The lowest BCUT2D eigenvalue weighted by Crippen LogP contribution is -2.63. The highest BCUT2D eigenvalue weighted by molar-refractivity contribution is 5.82. The number of hydrogen-bond donors (Lipinski definition) is 1. The molecule has 1 aliphatic rings. The van der Waals surface area contributed by atoms with Crippen LogP contribution in [0.1, 0.15) is 19.8 Å². The van der Waals surface area contributed by atoms with E-state index in [1.54, 1.807) is 7.11 Å². The third-order valence-electron chi connectivity index (χ3n) is 2.58. The molecule has 0 aliphatic heterocycles. The Morgan fingerprint density at radius 1 is 1.54 bits per heavy atom. The molecule has 0 aromatic rings. The molecule has 0 radical (unpaired) electrons. The van der Waals surface area contributed by atoms with Gasteiger partial charge in [-0.1, -0.05) is 6.92 Å². The van der Waals surface area contributed by atoms with Crippen LogP contribution in [-0.2, 0) is 14.3 Å². The third kappa shape index (κ3) is 1.84. The summed E-state index contributed by atoms with van der Waals surface area (Å²) < 4.78 is 9.88. The molecule has 0 bridgehead atoms. The Hall–Kier alpha value is -0.610. The Morgan fingerprint density at radius 3 is 2.54 bits per heavy atom. The van der Waals surface area contributed by atoms with Crippen LogP contribution in [0.2, 0.25) is 0 Å². The maximum Gasteiger partial charge on any atom is 0.326 e. The van der Waals surface area contributed by atoms with Gasteiger partial charge < -0.3 is 14.8 Å². The van der Waals surface area contributed by atoms with Gasteiger partial charge in [-0.2, -0.15) is 0 Å². The van der Waals surface area contributed by atoms with E-state index in [4.69, 9.17) is 9.47 Å². The minimum Gasteiger partial charge on any atom is -0.468 e. The smallest absolute Gasteiger partial charge is 0.326 e. The molecule has 0 amide bonds. The molecule has 0 atom stereocenters. The van der Waals surface area contributed by atoms with Gasteiger partial charge in [-0.05, 0) is 6.54 Å². The van der Waals surface area contributed by atoms with Crippen molar-refractivity contribution in [2.75, 3.05) is 20.8 Å². The second kappa shape index (κ2) is 4.07. The number of nitrogens with one attached hydrogen (secondary N) is 1. The van der Waals surface area contributed by atoms with Gasteiger partial charge in [-0.15, -0.1) is 0 Å². The van der Waals surface area contributed by atoms with Gasteiger partial charge in [0.2, 0.25) is 0 Å². The Labute approximate surface area is 78.6 Å². The van der Waals surface area contributed by atoms with Crippen LogP contribution in [0.15, 0.2) is 0 Å². The zero-order valence-electron chi connectivity index (χ0n) is 8.42. The molecule has 0 unspecified atom stereocenters. The molecule has 0 heterocycles. The second-order valence-corrected chi connectivity index (χ2v) is 3.37. The monoisotopic (exact) mass is 187 g/mol. The van der Waals surface area contributed by atoms with Crippen LogP contribution in [0, 0.1) is 0 Å². The lowest BCUT2D eigenvalue weighted by Gasteiger charge is -2.44. The highest BCUT2D eigenvalue weighted by atomic mass is 16.5. The van der Waals surface area contributed by atoms with Gasteiger partial charge in [-0.3, -0.25) is 4.79 Å². The SMILES string of the molecule is CCNC1(C(=O)OC)CC(OC)C1. The van der Waals surface area contributed by atoms with Crippen molar-refractivity contribution >= 4 is 5.97 Å². The maximum absolute atomic E-state index is 11.4. The number of carbonyl (C=O) groups excluding carboxylic acids is 1. The normalized spacial score (nSPS) is 32.4. The summed E-state index contributed by atoms with van der Waals surface area (Å²) in [6, 6.07) is 0. The van der Waals surface area contributed by atoms with Crippen molar-refractivity contribution in [3.05, 3.63) is 0 Å². The first kappa shape index (κ1) is 10.5. The lowest BCUT2D eigenvalue weighted by atomic mass is 9.74. The lowest BCUT2D eigenvalue weighted by molar-refractivity contribution is -0.159. The van der Waals surface area contributed by atoms with E-state index in [1.807, 2.05) is 6.92 Å². The summed E-state index contributed by atoms with van der Waals surface area (Å²) in [5, 5.41) is 3.16. The van der Waals surface area contributed by atoms with Gasteiger partial charge in [0.15, 0.2) is 0 Å². The first-order valence-electron chi connectivity index (χ1n) is 4.54. The number of likely N-dealkylation sites (N-methyl/N-ethyl adjacent to an activating group) is 1. The number of hydrogen-bond acceptors (Lipinski definition) is 4. The van der Waals surface area contributed by atoms with Crippen LogP contribution >= 0.6 is 0 Å². The molecule has 1 rings (SSSR count). The van der Waals surface area contributed by atoms with Gasteiger partial charge in [-0.25, -0.2) is 0 Å². The minimum atomic E-state index is -0.482. The standard InChI is InChI=1S/C9H17NO3/c1-4-10-9(8(11)13-3)5-7(6-9)12-2/h7,10H,4-6H2,1-3H3. The van der Waals surface area contributed by atoms with Gasteiger partial charge >= 0.3 is 5.97 Å². The van der Waals surface area contributed by atoms with Gasteiger partial charge in [0.25, 0.3) is 0 Å². The number of methoxy groups -OCH3 is 2. The topological polar surface area (TPSA) is 47.6 Å². The first-order chi connectivity index (χ1) is 6.18. The van der Waals surface area contributed by atoms with E-state index in [9.17, 15) is 4.79 Å². The molecule has 1 N–H and O–H groups in total. The third-order valence-corrected chi connectivity index (χ3v) is 2.58. The maximum atomic E-state index is 11.4. The van der Waals surface area contributed by atoms with E-state index in [0.717, 1.165) is 6.54 Å². The molecule has 13 heavy (non-hydrogen) atoms. The van der Waals surface area contributed by atoms with Crippen LogP contribution < -0.4 is 5.32 Å². The molecule has 4 nitrogen and oxygen atoms in total. The van der Waals surface area contributed by atoms with Crippen LogP contribution in [-0.4, -0.2) is 38.4 Å². The Kier molecular flexibility index (Phi) is 3.27. The van der Waals surface area contributed by atoms with Crippen LogP contribution in [0.4, 0.5) is 0 Å². The molecule has 0 aromatic heterocycles. The molecule has 1 fully saturated rings. The van der Waals surface area contributed by atoms with Crippen molar-refractivity contribution < 1.29 is 14.3 Å². The molecule has 0 spiro atoms. The summed E-state index contributed by atoms with van der Waals surface area (Å²) in [6.07, 6.45) is 1.62. The van der Waals surface area contributed by atoms with Gasteiger partial charge in [0.1, 0.15) is 5.54 Å². The van der Waals surface area contributed by atoms with Crippen LogP contribution in [0.5, 0.6) is 0 Å². The van der Waals surface area contributed by atoms with E-state index >= 15 is 0 Å². The van der Waals surface area contributed by atoms with Crippen molar-refractivity contribution in [1.82, 2.24) is 5.32 Å². The van der Waals surface area contributed by atoms with Crippen LogP contribution in [0.25, 0.3) is 0 Å². The highest BCUT2D eigenvalue weighted by Crippen LogP contribution is 2.35. The van der Waals surface area contributed by atoms with Crippen molar-refractivity contribution in [2.24, 2.45) is 0 Å². The predicted molar refractivity (Wildman–Crippen MR) is 48.5 cm³/mol.